The van der Waals surface area contributed by atoms with E-state index in [-0.39, 0.29) is 17.4 Å². The number of hydrogen-bond acceptors (Lipinski definition) is 5. The molecule has 2 N–H and O–H groups in total. The first-order valence-electron chi connectivity index (χ1n) is 12.5. The van der Waals surface area contributed by atoms with Gasteiger partial charge in [0.15, 0.2) is 5.78 Å². The first-order chi connectivity index (χ1) is 18.6. The third kappa shape index (κ3) is 7.15. The summed E-state index contributed by atoms with van der Waals surface area (Å²) >= 11 is 0. The van der Waals surface area contributed by atoms with Gasteiger partial charge >= 0.3 is 5.97 Å². The van der Waals surface area contributed by atoms with Crippen LogP contribution < -0.4 is 10.1 Å². The molecule has 0 aromatic heterocycles. The van der Waals surface area contributed by atoms with Gasteiger partial charge in [0.1, 0.15) is 5.75 Å². The van der Waals surface area contributed by atoms with Crippen LogP contribution in [0.25, 0.3) is 5.57 Å². The molecule has 39 heavy (non-hydrogen) atoms. The number of ketones is 1. The van der Waals surface area contributed by atoms with E-state index >= 15 is 0 Å². The molecular formula is C33H29NO5. The summed E-state index contributed by atoms with van der Waals surface area (Å²) in [6.07, 6.45) is 1.63. The van der Waals surface area contributed by atoms with Crippen molar-refractivity contribution in [1.29, 1.82) is 0 Å². The quantitative estimate of drug-likeness (QED) is 0.162. The van der Waals surface area contributed by atoms with Crippen LogP contribution in [0.2, 0.25) is 0 Å². The van der Waals surface area contributed by atoms with Crippen LogP contribution in [0, 0.1) is 0 Å². The lowest BCUT2D eigenvalue weighted by atomic mass is 9.90. The topological polar surface area (TPSA) is 92.7 Å². The van der Waals surface area contributed by atoms with Crippen LogP contribution in [-0.4, -0.2) is 28.4 Å². The number of rotatable bonds is 8. The Kier molecular flexibility index (Phi) is 8.18. The third-order valence-corrected chi connectivity index (χ3v) is 5.77. The van der Waals surface area contributed by atoms with Gasteiger partial charge in [0.2, 0.25) is 5.91 Å². The summed E-state index contributed by atoms with van der Waals surface area (Å²) in [5.41, 5.74) is 2.16. The highest BCUT2D eigenvalue weighted by Gasteiger charge is 2.22. The number of carbonyl (C=O) groups is 3. The summed E-state index contributed by atoms with van der Waals surface area (Å²) in [4.78, 5) is 38.1. The number of amides is 1. The van der Waals surface area contributed by atoms with E-state index in [1.54, 1.807) is 111 Å². The van der Waals surface area contributed by atoms with Crippen LogP contribution in [-0.2, 0) is 4.79 Å². The molecule has 0 radical (unpaired) electrons. The Morgan fingerprint density at radius 1 is 0.744 bits per heavy atom. The third-order valence-electron chi connectivity index (χ3n) is 5.77. The molecule has 0 saturated carbocycles. The van der Waals surface area contributed by atoms with E-state index in [1.165, 1.54) is 6.92 Å². The second-order valence-electron chi connectivity index (χ2n) is 9.64. The van der Waals surface area contributed by atoms with E-state index < -0.39 is 11.6 Å². The Morgan fingerprint density at radius 3 is 1.97 bits per heavy atom. The van der Waals surface area contributed by atoms with Crippen molar-refractivity contribution in [3.05, 3.63) is 137 Å². The lowest BCUT2D eigenvalue weighted by Crippen LogP contribution is -2.16. The fourth-order valence-electron chi connectivity index (χ4n) is 4.10. The van der Waals surface area contributed by atoms with Gasteiger partial charge in [-0.15, -0.1) is 0 Å². The number of ether oxygens (including phenoxy) is 1. The van der Waals surface area contributed by atoms with Crippen molar-refractivity contribution in [3.8, 4) is 5.75 Å². The predicted octanol–water partition coefficient (Wildman–Crippen LogP) is 6.30. The molecule has 0 aliphatic rings. The SMILES string of the molecule is CC(=O)Nc1cccc(/C(=C/C(C)(C)O)c2cc(C(=O)c3ccccc3)ccc2OC(=O)c2ccccc2)c1. The Balaban J connectivity index is 1.89. The molecule has 1 amide bonds. The molecular weight excluding hydrogens is 490 g/mol. The largest absolute Gasteiger partial charge is 0.422 e. The van der Waals surface area contributed by atoms with Crippen LogP contribution >= 0.6 is 0 Å². The van der Waals surface area contributed by atoms with Gasteiger partial charge in [-0.3, -0.25) is 9.59 Å². The van der Waals surface area contributed by atoms with E-state index in [0.717, 1.165) is 0 Å². The molecule has 0 unspecified atom stereocenters. The van der Waals surface area contributed by atoms with Crippen molar-refractivity contribution in [2.75, 3.05) is 5.32 Å². The Labute approximate surface area is 227 Å². The zero-order chi connectivity index (χ0) is 28.0. The zero-order valence-electron chi connectivity index (χ0n) is 22.0. The number of carbonyl (C=O) groups excluding carboxylic acids is 3. The lowest BCUT2D eigenvalue weighted by Gasteiger charge is -2.20. The van der Waals surface area contributed by atoms with Crippen LogP contribution in [0.5, 0.6) is 5.75 Å². The highest BCUT2D eigenvalue weighted by atomic mass is 16.5. The van der Waals surface area contributed by atoms with Crippen LogP contribution in [0.3, 0.4) is 0 Å². The molecule has 0 fully saturated rings. The molecule has 0 saturated heterocycles. The monoisotopic (exact) mass is 519 g/mol. The van der Waals surface area contributed by atoms with E-state index in [0.29, 0.717) is 39.1 Å². The predicted molar refractivity (Wildman–Crippen MR) is 152 cm³/mol. The van der Waals surface area contributed by atoms with Crippen molar-refractivity contribution in [3.63, 3.8) is 0 Å². The fraction of sp³-hybridized carbons (Fsp3) is 0.121. The molecule has 0 aliphatic carbocycles. The van der Waals surface area contributed by atoms with E-state index in [2.05, 4.69) is 5.32 Å². The second kappa shape index (κ2) is 11.7. The van der Waals surface area contributed by atoms with Crippen molar-refractivity contribution < 1.29 is 24.2 Å². The minimum atomic E-state index is -1.26. The number of benzene rings is 4. The van der Waals surface area contributed by atoms with E-state index in [1.807, 2.05) is 12.1 Å². The number of anilines is 1. The fourth-order valence-corrected chi connectivity index (χ4v) is 4.10. The standard InChI is InChI=1S/C33H29NO5/c1-22(35)34-27-16-10-15-25(19-27)29(21-33(2,3)38)28-20-26(31(36)23-11-6-4-7-12-23)17-18-30(28)39-32(37)24-13-8-5-9-14-24/h4-21,38H,1-3H3,(H,34,35)/b29-21-. The van der Waals surface area contributed by atoms with Crippen LogP contribution in [0.1, 0.15) is 58.2 Å². The molecule has 0 atom stereocenters. The van der Waals surface area contributed by atoms with Gasteiger partial charge in [0.05, 0.1) is 11.2 Å². The van der Waals surface area contributed by atoms with Gasteiger partial charge in [-0.2, -0.15) is 0 Å². The summed E-state index contributed by atoms with van der Waals surface area (Å²) in [6, 6.07) is 29.4. The highest BCUT2D eigenvalue weighted by Crippen LogP contribution is 2.35. The average molecular weight is 520 g/mol. The minimum absolute atomic E-state index is 0.201. The Morgan fingerprint density at radius 2 is 1.36 bits per heavy atom. The number of nitrogens with one attached hydrogen (secondary N) is 1. The molecule has 196 valence electrons. The summed E-state index contributed by atoms with van der Waals surface area (Å²) in [7, 11) is 0. The van der Waals surface area contributed by atoms with Gasteiger partial charge in [-0.05, 0) is 73.5 Å². The molecule has 6 nitrogen and oxygen atoms in total. The molecule has 4 aromatic carbocycles. The number of hydrogen-bond donors (Lipinski definition) is 2. The summed E-state index contributed by atoms with van der Waals surface area (Å²) in [6.45, 7) is 4.67. The molecule has 4 aromatic rings. The second-order valence-corrected chi connectivity index (χ2v) is 9.64. The van der Waals surface area contributed by atoms with Crippen molar-refractivity contribution in [2.45, 2.75) is 26.4 Å². The van der Waals surface area contributed by atoms with Gasteiger partial charge in [-0.25, -0.2) is 4.79 Å². The maximum Gasteiger partial charge on any atom is 0.343 e. The minimum Gasteiger partial charge on any atom is -0.422 e. The Hall–Kier alpha value is -4.81. The van der Waals surface area contributed by atoms with Gasteiger partial charge in [0, 0.05) is 29.3 Å². The van der Waals surface area contributed by atoms with Gasteiger partial charge in [0.25, 0.3) is 0 Å². The van der Waals surface area contributed by atoms with Crippen molar-refractivity contribution in [1.82, 2.24) is 0 Å². The molecule has 4 rings (SSSR count). The first kappa shape index (κ1) is 27.2. The van der Waals surface area contributed by atoms with Crippen LogP contribution in [0.15, 0.2) is 109 Å². The first-order valence-corrected chi connectivity index (χ1v) is 12.5. The normalized spacial score (nSPS) is 11.5. The molecule has 0 spiro atoms. The highest BCUT2D eigenvalue weighted by molar-refractivity contribution is 6.10. The zero-order valence-corrected chi connectivity index (χ0v) is 22.0. The smallest absolute Gasteiger partial charge is 0.343 e. The Bertz CT molecular complexity index is 1530. The number of aliphatic hydroxyl groups is 1. The summed E-state index contributed by atoms with van der Waals surface area (Å²) < 4.78 is 5.84. The maximum absolute atomic E-state index is 13.3. The molecule has 0 aliphatic heterocycles. The molecule has 0 bridgehead atoms. The molecule has 6 heteroatoms. The van der Waals surface area contributed by atoms with Gasteiger partial charge < -0.3 is 15.2 Å². The van der Waals surface area contributed by atoms with E-state index in [4.69, 9.17) is 4.74 Å². The maximum atomic E-state index is 13.3. The van der Waals surface area contributed by atoms with Crippen molar-refractivity contribution in [2.24, 2.45) is 0 Å². The summed E-state index contributed by atoms with van der Waals surface area (Å²) in [5.74, 6) is -0.775. The van der Waals surface area contributed by atoms with E-state index in [9.17, 15) is 19.5 Å². The number of esters is 1. The molecule has 0 heterocycles. The van der Waals surface area contributed by atoms with Gasteiger partial charge in [-0.1, -0.05) is 60.7 Å². The average Bonchev–Trinajstić information content (AvgIpc) is 2.92. The van der Waals surface area contributed by atoms with Crippen LogP contribution in [0.4, 0.5) is 5.69 Å². The summed E-state index contributed by atoms with van der Waals surface area (Å²) in [5, 5.41) is 13.6. The lowest BCUT2D eigenvalue weighted by molar-refractivity contribution is -0.114. The van der Waals surface area contributed by atoms with Crippen molar-refractivity contribution >= 4 is 28.9 Å².